The van der Waals surface area contributed by atoms with E-state index in [1.165, 1.54) is 11.3 Å². The van der Waals surface area contributed by atoms with Gasteiger partial charge in [0, 0.05) is 11.4 Å². The largest absolute Gasteiger partial charge is 0.351 e. The molecule has 0 atom stereocenters. The van der Waals surface area contributed by atoms with E-state index in [0.717, 1.165) is 19.4 Å². The van der Waals surface area contributed by atoms with Crippen LogP contribution >= 0.6 is 11.3 Å². The third kappa shape index (κ3) is 2.28. The summed E-state index contributed by atoms with van der Waals surface area (Å²) in [6.07, 6.45) is 3.21. The van der Waals surface area contributed by atoms with E-state index in [0.29, 0.717) is 6.54 Å². The Bertz CT molecular complexity index is 344. The van der Waals surface area contributed by atoms with E-state index >= 15 is 0 Å². The van der Waals surface area contributed by atoms with Crippen molar-refractivity contribution in [1.29, 1.82) is 0 Å². The topological polar surface area (TPSA) is 41.1 Å². The van der Waals surface area contributed by atoms with E-state index in [-0.39, 0.29) is 11.3 Å². The fourth-order valence-electron chi connectivity index (χ4n) is 2.19. The number of carbonyl (C=O) groups is 1. The zero-order valence-electron chi connectivity index (χ0n) is 9.58. The third-order valence-corrected chi connectivity index (χ3v) is 4.19. The van der Waals surface area contributed by atoms with Gasteiger partial charge in [0.05, 0.1) is 12.0 Å². The number of thiophene rings is 1. The summed E-state index contributed by atoms with van der Waals surface area (Å²) in [5.41, 5.74) is -0.133. The molecule has 16 heavy (non-hydrogen) atoms. The first-order valence-electron chi connectivity index (χ1n) is 5.72. The van der Waals surface area contributed by atoms with Gasteiger partial charge in [0.15, 0.2) is 0 Å². The lowest BCUT2D eigenvalue weighted by Gasteiger charge is -2.40. The molecule has 1 saturated carbocycles. The van der Waals surface area contributed by atoms with Gasteiger partial charge in [-0.1, -0.05) is 12.5 Å². The van der Waals surface area contributed by atoms with Gasteiger partial charge in [0.2, 0.25) is 5.91 Å². The zero-order chi connectivity index (χ0) is 11.4. The maximum absolute atomic E-state index is 12.1. The predicted molar refractivity (Wildman–Crippen MR) is 66.4 cm³/mol. The zero-order valence-corrected chi connectivity index (χ0v) is 10.4. The van der Waals surface area contributed by atoms with E-state index in [9.17, 15) is 4.79 Å². The lowest BCUT2D eigenvalue weighted by molar-refractivity contribution is -0.135. The lowest BCUT2D eigenvalue weighted by Crippen LogP contribution is -2.50. The Morgan fingerprint density at radius 2 is 2.38 bits per heavy atom. The first kappa shape index (κ1) is 11.6. The summed E-state index contributed by atoms with van der Waals surface area (Å²) in [4.78, 5) is 13.3. The maximum atomic E-state index is 12.1. The minimum atomic E-state index is -0.133. The van der Waals surface area contributed by atoms with Crippen molar-refractivity contribution in [2.75, 3.05) is 13.6 Å². The SMILES string of the molecule is CNCC1(C(=O)NCc2cccs2)CCC1. The van der Waals surface area contributed by atoms with Gasteiger partial charge < -0.3 is 10.6 Å². The second-order valence-electron chi connectivity index (χ2n) is 4.43. The van der Waals surface area contributed by atoms with Gasteiger partial charge in [-0.15, -0.1) is 11.3 Å². The number of rotatable bonds is 5. The van der Waals surface area contributed by atoms with Gasteiger partial charge in [-0.3, -0.25) is 4.79 Å². The average Bonchev–Trinajstić information content (AvgIpc) is 2.72. The summed E-state index contributed by atoms with van der Waals surface area (Å²) in [6.45, 7) is 1.46. The Kier molecular flexibility index (Phi) is 3.61. The Labute approximate surface area is 100 Å². The van der Waals surface area contributed by atoms with Crippen LogP contribution in [-0.2, 0) is 11.3 Å². The van der Waals surface area contributed by atoms with Crippen LogP contribution in [0.1, 0.15) is 24.1 Å². The molecule has 88 valence electrons. The highest BCUT2D eigenvalue weighted by Gasteiger charge is 2.43. The number of amides is 1. The molecule has 0 aromatic carbocycles. The van der Waals surface area contributed by atoms with Crippen LogP contribution < -0.4 is 10.6 Å². The van der Waals surface area contributed by atoms with Crippen LogP contribution in [0.5, 0.6) is 0 Å². The maximum Gasteiger partial charge on any atom is 0.227 e. The highest BCUT2D eigenvalue weighted by atomic mass is 32.1. The summed E-state index contributed by atoms with van der Waals surface area (Å²) in [5, 5.41) is 8.21. The molecule has 2 rings (SSSR count). The average molecular weight is 238 g/mol. The summed E-state index contributed by atoms with van der Waals surface area (Å²) >= 11 is 1.68. The third-order valence-electron chi connectivity index (χ3n) is 3.31. The molecule has 0 radical (unpaired) electrons. The van der Waals surface area contributed by atoms with Crippen LogP contribution in [-0.4, -0.2) is 19.5 Å². The van der Waals surface area contributed by atoms with E-state index in [2.05, 4.69) is 16.7 Å². The van der Waals surface area contributed by atoms with E-state index in [1.807, 2.05) is 18.5 Å². The van der Waals surface area contributed by atoms with Crippen LogP contribution in [0.25, 0.3) is 0 Å². The van der Waals surface area contributed by atoms with Crippen LogP contribution in [0, 0.1) is 5.41 Å². The van der Waals surface area contributed by atoms with Gasteiger partial charge in [0.1, 0.15) is 0 Å². The summed E-state index contributed by atoms with van der Waals surface area (Å²) in [6, 6.07) is 4.06. The van der Waals surface area contributed by atoms with Crippen molar-refractivity contribution in [2.45, 2.75) is 25.8 Å². The molecule has 1 aromatic heterocycles. The molecule has 1 amide bonds. The molecule has 1 fully saturated rings. The van der Waals surface area contributed by atoms with Gasteiger partial charge in [-0.2, -0.15) is 0 Å². The number of carbonyl (C=O) groups excluding carboxylic acids is 1. The number of hydrogen-bond acceptors (Lipinski definition) is 3. The molecule has 0 bridgehead atoms. The predicted octanol–water partition coefficient (Wildman–Crippen LogP) is 1.75. The number of hydrogen-bond donors (Lipinski definition) is 2. The van der Waals surface area contributed by atoms with E-state index < -0.39 is 0 Å². The molecule has 1 heterocycles. The second-order valence-corrected chi connectivity index (χ2v) is 5.46. The van der Waals surface area contributed by atoms with Crippen LogP contribution in [0.3, 0.4) is 0 Å². The molecule has 0 unspecified atom stereocenters. The first-order chi connectivity index (χ1) is 7.77. The Hall–Kier alpha value is -0.870. The normalized spacial score (nSPS) is 17.8. The van der Waals surface area contributed by atoms with Crippen LogP contribution in [0.4, 0.5) is 0 Å². The molecule has 4 heteroatoms. The smallest absolute Gasteiger partial charge is 0.227 e. The van der Waals surface area contributed by atoms with Gasteiger partial charge in [0.25, 0.3) is 0 Å². The molecule has 3 nitrogen and oxygen atoms in total. The summed E-state index contributed by atoms with van der Waals surface area (Å²) in [5.74, 6) is 0.210. The van der Waals surface area contributed by atoms with Crippen LogP contribution in [0.2, 0.25) is 0 Å². The summed E-state index contributed by atoms with van der Waals surface area (Å²) in [7, 11) is 1.91. The van der Waals surface area contributed by atoms with Crippen molar-refractivity contribution < 1.29 is 4.79 Å². The highest BCUT2D eigenvalue weighted by molar-refractivity contribution is 7.09. The standard InChI is InChI=1S/C12H18N2OS/c1-13-9-12(5-3-6-12)11(15)14-8-10-4-2-7-16-10/h2,4,7,13H,3,5-6,8-9H2,1H3,(H,14,15). The van der Waals surface area contributed by atoms with Gasteiger partial charge in [-0.05, 0) is 31.3 Å². The molecular weight excluding hydrogens is 220 g/mol. The van der Waals surface area contributed by atoms with Crippen molar-refractivity contribution in [3.63, 3.8) is 0 Å². The first-order valence-corrected chi connectivity index (χ1v) is 6.60. The fraction of sp³-hybridized carbons (Fsp3) is 0.583. The van der Waals surface area contributed by atoms with E-state index in [4.69, 9.17) is 0 Å². The quantitative estimate of drug-likeness (QED) is 0.820. The Balaban J connectivity index is 1.87. The molecule has 0 spiro atoms. The van der Waals surface area contributed by atoms with Gasteiger partial charge >= 0.3 is 0 Å². The van der Waals surface area contributed by atoms with Crippen molar-refractivity contribution in [3.8, 4) is 0 Å². The molecule has 1 aliphatic carbocycles. The van der Waals surface area contributed by atoms with Crippen LogP contribution in [0.15, 0.2) is 17.5 Å². The molecular formula is C12H18N2OS. The minimum Gasteiger partial charge on any atom is -0.351 e. The second kappa shape index (κ2) is 4.97. The Morgan fingerprint density at radius 3 is 2.88 bits per heavy atom. The van der Waals surface area contributed by atoms with Crippen molar-refractivity contribution in [3.05, 3.63) is 22.4 Å². The summed E-state index contributed by atoms with van der Waals surface area (Å²) < 4.78 is 0. The molecule has 0 saturated heterocycles. The van der Waals surface area contributed by atoms with E-state index in [1.54, 1.807) is 11.3 Å². The fourth-order valence-corrected chi connectivity index (χ4v) is 2.84. The van der Waals surface area contributed by atoms with Crippen molar-refractivity contribution >= 4 is 17.2 Å². The minimum absolute atomic E-state index is 0.133. The monoisotopic (exact) mass is 238 g/mol. The Morgan fingerprint density at radius 1 is 1.56 bits per heavy atom. The highest BCUT2D eigenvalue weighted by Crippen LogP contribution is 2.40. The lowest BCUT2D eigenvalue weighted by atomic mass is 9.68. The number of nitrogens with one attached hydrogen (secondary N) is 2. The van der Waals surface area contributed by atoms with Gasteiger partial charge in [-0.25, -0.2) is 0 Å². The van der Waals surface area contributed by atoms with Crippen molar-refractivity contribution in [2.24, 2.45) is 5.41 Å². The van der Waals surface area contributed by atoms with Crippen molar-refractivity contribution in [1.82, 2.24) is 10.6 Å². The molecule has 2 N–H and O–H groups in total. The molecule has 1 aliphatic rings. The molecule has 0 aliphatic heterocycles. The molecule has 1 aromatic rings.